The van der Waals surface area contributed by atoms with Crippen LogP contribution in [0, 0.1) is 17.2 Å². The molecule has 0 rings (SSSR count). The van der Waals surface area contributed by atoms with Crippen LogP contribution < -0.4 is 0 Å². The van der Waals surface area contributed by atoms with Gasteiger partial charge in [0.2, 0.25) is 0 Å². The Balaban J connectivity index is 3.34. The van der Waals surface area contributed by atoms with Crippen LogP contribution in [-0.2, 0) is 0 Å². The molecule has 22 heavy (non-hydrogen) atoms. The molecule has 0 bridgehead atoms. The first-order chi connectivity index (χ1) is 10.7. The van der Waals surface area contributed by atoms with Crippen LogP contribution >= 0.6 is 0 Å². The maximum atomic E-state index is 7.00. The highest BCUT2D eigenvalue weighted by molar-refractivity contribution is 5.52. The molecular weight excluding hydrogens is 266 g/mol. The lowest BCUT2D eigenvalue weighted by Crippen LogP contribution is -2.08. The molecule has 0 radical (unpaired) electrons. The van der Waals surface area contributed by atoms with Gasteiger partial charge in [-0.2, -0.15) is 0 Å². The van der Waals surface area contributed by atoms with Gasteiger partial charge in [0.1, 0.15) is 0 Å². The van der Waals surface area contributed by atoms with Crippen molar-refractivity contribution in [1.82, 2.24) is 0 Å². The predicted octanol–water partition coefficient (Wildman–Crippen LogP) is 7.78. The second-order valence-electron chi connectivity index (χ2n) is 7.41. The van der Waals surface area contributed by atoms with Gasteiger partial charge in [-0.05, 0) is 30.9 Å². The largest absolute Gasteiger partial charge is 0.313 e. The van der Waals surface area contributed by atoms with Gasteiger partial charge in [-0.1, -0.05) is 104 Å². The molecule has 1 N–H and O–H groups in total. The number of hydrogen-bond acceptors (Lipinski definition) is 1. The average molecular weight is 310 g/mol. The minimum absolute atomic E-state index is 0.911. The van der Waals surface area contributed by atoms with Crippen molar-refractivity contribution in [2.75, 3.05) is 0 Å². The van der Waals surface area contributed by atoms with E-state index in [9.17, 15) is 0 Å². The zero-order valence-electron chi connectivity index (χ0n) is 15.8. The normalized spacial score (nSPS) is 14.0. The molecule has 0 heterocycles. The quantitative estimate of drug-likeness (QED) is 0.209. The summed E-state index contributed by atoms with van der Waals surface area (Å²) in [5.74, 6) is 1.83. The summed E-state index contributed by atoms with van der Waals surface area (Å²) in [6.45, 7) is 7.22. The van der Waals surface area contributed by atoms with Gasteiger partial charge >= 0.3 is 0 Å². The summed E-state index contributed by atoms with van der Waals surface area (Å²) in [5.41, 5.74) is 0. The minimum Gasteiger partial charge on any atom is -0.313 e. The molecule has 0 fully saturated rings. The summed E-state index contributed by atoms with van der Waals surface area (Å²) < 4.78 is 0. The Hall–Kier alpha value is -0.330. The standard InChI is InChI=1S/C21H43N/c1-4-5-6-7-11-14-17-20(2)21(3)18-15-12-9-8-10-13-16-19-22/h19-22H,4-18H2,1-3H3. The SMILES string of the molecule is CCCCCCCCC(C)C(C)CCCCCCCCC=N. The van der Waals surface area contributed by atoms with E-state index in [1.165, 1.54) is 89.9 Å². The van der Waals surface area contributed by atoms with E-state index in [2.05, 4.69) is 20.8 Å². The molecular formula is C21H43N. The van der Waals surface area contributed by atoms with Crippen LogP contribution in [-0.4, -0.2) is 6.21 Å². The van der Waals surface area contributed by atoms with Gasteiger partial charge in [0.05, 0.1) is 0 Å². The summed E-state index contributed by atoms with van der Waals surface area (Å²) in [5, 5.41) is 7.00. The van der Waals surface area contributed by atoms with Gasteiger partial charge in [-0.3, -0.25) is 0 Å². The van der Waals surface area contributed by atoms with Crippen LogP contribution in [0.5, 0.6) is 0 Å². The molecule has 0 amide bonds. The first-order valence-corrected chi connectivity index (χ1v) is 10.2. The molecule has 0 aromatic rings. The lowest BCUT2D eigenvalue weighted by Gasteiger charge is -2.19. The van der Waals surface area contributed by atoms with E-state index in [4.69, 9.17) is 5.41 Å². The van der Waals surface area contributed by atoms with Crippen LogP contribution in [0.2, 0.25) is 0 Å². The number of hydrogen-bond donors (Lipinski definition) is 1. The monoisotopic (exact) mass is 309 g/mol. The zero-order chi connectivity index (χ0) is 16.5. The van der Waals surface area contributed by atoms with Crippen molar-refractivity contribution in [2.45, 2.75) is 117 Å². The third-order valence-corrected chi connectivity index (χ3v) is 5.24. The van der Waals surface area contributed by atoms with E-state index in [1.807, 2.05) is 0 Å². The van der Waals surface area contributed by atoms with E-state index in [0.29, 0.717) is 0 Å². The van der Waals surface area contributed by atoms with Crippen LogP contribution in [0.3, 0.4) is 0 Å². The Morgan fingerprint density at radius 1 is 0.636 bits per heavy atom. The molecule has 0 saturated carbocycles. The Bertz CT molecular complexity index is 224. The van der Waals surface area contributed by atoms with Crippen LogP contribution in [0.1, 0.15) is 117 Å². The van der Waals surface area contributed by atoms with Gasteiger partial charge in [-0.25, -0.2) is 0 Å². The highest BCUT2D eigenvalue weighted by atomic mass is 14.3. The molecule has 0 aromatic carbocycles. The van der Waals surface area contributed by atoms with Crippen molar-refractivity contribution < 1.29 is 0 Å². The van der Waals surface area contributed by atoms with E-state index in [0.717, 1.165) is 18.3 Å². The topological polar surface area (TPSA) is 23.9 Å². The van der Waals surface area contributed by atoms with E-state index in [1.54, 1.807) is 6.21 Å². The first kappa shape index (κ1) is 21.7. The van der Waals surface area contributed by atoms with Crippen molar-refractivity contribution in [3.63, 3.8) is 0 Å². The maximum Gasteiger partial charge on any atom is -0.00477 e. The zero-order valence-corrected chi connectivity index (χ0v) is 15.8. The van der Waals surface area contributed by atoms with Crippen molar-refractivity contribution >= 4 is 6.21 Å². The molecule has 0 spiro atoms. The van der Waals surface area contributed by atoms with Gasteiger partial charge in [0, 0.05) is 0 Å². The second kappa shape index (κ2) is 17.0. The highest BCUT2D eigenvalue weighted by Gasteiger charge is 2.11. The lowest BCUT2D eigenvalue weighted by molar-refractivity contribution is 0.322. The van der Waals surface area contributed by atoms with Gasteiger partial charge in [-0.15, -0.1) is 0 Å². The molecule has 0 aliphatic heterocycles. The number of rotatable bonds is 17. The molecule has 132 valence electrons. The fourth-order valence-electron chi connectivity index (χ4n) is 3.24. The first-order valence-electron chi connectivity index (χ1n) is 10.2. The Kier molecular flexibility index (Phi) is 16.8. The molecule has 1 nitrogen and oxygen atoms in total. The fourth-order valence-corrected chi connectivity index (χ4v) is 3.24. The summed E-state index contributed by atoms with van der Waals surface area (Å²) in [6.07, 6.45) is 22.1. The number of unbranched alkanes of at least 4 members (excludes halogenated alkanes) is 11. The molecule has 1 heteroatoms. The molecule has 0 aromatic heterocycles. The Morgan fingerprint density at radius 3 is 1.50 bits per heavy atom. The lowest BCUT2D eigenvalue weighted by atomic mass is 9.86. The van der Waals surface area contributed by atoms with Gasteiger partial charge in [0.25, 0.3) is 0 Å². The van der Waals surface area contributed by atoms with Gasteiger partial charge in [0.15, 0.2) is 0 Å². The summed E-state index contributed by atoms with van der Waals surface area (Å²) in [7, 11) is 0. The Labute approximate surface area is 141 Å². The van der Waals surface area contributed by atoms with Crippen molar-refractivity contribution in [3.8, 4) is 0 Å². The molecule has 0 saturated heterocycles. The van der Waals surface area contributed by atoms with Crippen molar-refractivity contribution in [1.29, 1.82) is 5.41 Å². The maximum absolute atomic E-state index is 7.00. The second-order valence-corrected chi connectivity index (χ2v) is 7.41. The molecule has 0 aliphatic carbocycles. The summed E-state index contributed by atoms with van der Waals surface area (Å²) in [4.78, 5) is 0. The predicted molar refractivity (Wildman–Crippen MR) is 102 cm³/mol. The third kappa shape index (κ3) is 14.6. The summed E-state index contributed by atoms with van der Waals surface area (Å²) in [6, 6.07) is 0. The van der Waals surface area contributed by atoms with Gasteiger partial charge < -0.3 is 5.41 Å². The minimum atomic E-state index is 0.911. The summed E-state index contributed by atoms with van der Waals surface area (Å²) >= 11 is 0. The van der Waals surface area contributed by atoms with Crippen LogP contribution in [0.15, 0.2) is 0 Å². The molecule has 2 atom stereocenters. The van der Waals surface area contributed by atoms with E-state index in [-0.39, 0.29) is 0 Å². The molecule has 2 unspecified atom stereocenters. The number of nitrogens with one attached hydrogen (secondary N) is 1. The molecule has 0 aliphatic rings. The Morgan fingerprint density at radius 2 is 1.05 bits per heavy atom. The van der Waals surface area contributed by atoms with Crippen LogP contribution in [0.25, 0.3) is 0 Å². The fraction of sp³-hybridized carbons (Fsp3) is 0.952. The average Bonchev–Trinajstić information content (AvgIpc) is 2.52. The van der Waals surface area contributed by atoms with Crippen LogP contribution in [0.4, 0.5) is 0 Å². The van der Waals surface area contributed by atoms with E-state index < -0.39 is 0 Å². The van der Waals surface area contributed by atoms with Crippen molar-refractivity contribution in [2.24, 2.45) is 11.8 Å². The highest BCUT2D eigenvalue weighted by Crippen LogP contribution is 2.24. The van der Waals surface area contributed by atoms with E-state index >= 15 is 0 Å². The van der Waals surface area contributed by atoms with Crippen molar-refractivity contribution in [3.05, 3.63) is 0 Å². The third-order valence-electron chi connectivity index (χ3n) is 5.24. The smallest absolute Gasteiger partial charge is 0.00477 e.